The summed E-state index contributed by atoms with van der Waals surface area (Å²) in [6.07, 6.45) is -0.238. The van der Waals surface area contributed by atoms with Crippen LogP contribution in [0.4, 0.5) is 22.0 Å². The first-order chi connectivity index (χ1) is 8.84. The normalized spacial score (nSPS) is 12.8. The van der Waals surface area contributed by atoms with Gasteiger partial charge in [-0.05, 0) is 6.92 Å². The van der Waals surface area contributed by atoms with Crippen LogP contribution in [0.25, 0.3) is 5.69 Å². The van der Waals surface area contributed by atoms with E-state index in [-0.39, 0.29) is 5.69 Å². The van der Waals surface area contributed by atoms with Crippen LogP contribution in [0.5, 0.6) is 0 Å². The predicted octanol–water partition coefficient (Wildman–Crippen LogP) is 2.02. The van der Waals surface area contributed by atoms with Crippen LogP contribution >= 0.6 is 0 Å². The maximum absolute atomic E-state index is 13.4. The minimum absolute atomic E-state index is 0.0797. The Morgan fingerprint density at radius 1 is 1.00 bits per heavy atom. The molecule has 4 nitrogen and oxygen atoms in total. The zero-order valence-corrected chi connectivity index (χ0v) is 9.33. The van der Waals surface area contributed by atoms with Crippen LogP contribution in [0.1, 0.15) is 18.7 Å². The molecule has 0 bridgehead atoms. The molecule has 0 fully saturated rings. The van der Waals surface area contributed by atoms with Gasteiger partial charge in [0.15, 0.2) is 23.3 Å². The van der Waals surface area contributed by atoms with Gasteiger partial charge in [0.05, 0.1) is 12.3 Å². The lowest BCUT2D eigenvalue weighted by atomic mass is 10.2. The average Bonchev–Trinajstić information content (AvgIpc) is 2.84. The van der Waals surface area contributed by atoms with E-state index in [2.05, 4.69) is 10.3 Å². The van der Waals surface area contributed by atoms with Crippen LogP contribution in [0.15, 0.2) is 6.20 Å². The lowest BCUT2D eigenvalue weighted by molar-refractivity contribution is 0.194. The van der Waals surface area contributed by atoms with E-state index in [1.165, 1.54) is 6.92 Å². The number of aliphatic hydroxyl groups excluding tert-OH is 1. The molecule has 0 aliphatic heterocycles. The minimum atomic E-state index is -2.25. The van der Waals surface area contributed by atoms with Crippen molar-refractivity contribution in [1.29, 1.82) is 0 Å². The number of halogens is 5. The lowest BCUT2D eigenvalue weighted by Gasteiger charge is -2.07. The molecular weight excluding hydrogens is 273 g/mol. The molecule has 1 aromatic heterocycles. The Bertz CT molecular complexity index is 611. The summed E-state index contributed by atoms with van der Waals surface area (Å²) in [5.41, 5.74) is -1.33. The molecule has 1 N–H and O–H groups in total. The Kier molecular flexibility index (Phi) is 3.23. The summed E-state index contributed by atoms with van der Waals surface area (Å²) < 4.78 is 66.0. The molecule has 19 heavy (non-hydrogen) atoms. The van der Waals surface area contributed by atoms with Crippen molar-refractivity contribution in [2.45, 2.75) is 13.0 Å². The van der Waals surface area contributed by atoms with Crippen molar-refractivity contribution in [3.8, 4) is 5.69 Å². The Hall–Kier alpha value is -2.03. The fraction of sp³-hybridized carbons (Fsp3) is 0.200. The van der Waals surface area contributed by atoms with Gasteiger partial charge in [-0.25, -0.2) is 26.6 Å². The predicted molar refractivity (Wildman–Crippen MR) is 51.8 cm³/mol. The first-order valence-electron chi connectivity index (χ1n) is 4.96. The Balaban J connectivity index is 2.68. The molecule has 1 aromatic carbocycles. The van der Waals surface area contributed by atoms with Crippen LogP contribution in [0, 0.1) is 29.1 Å². The third-order valence-electron chi connectivity index (χ3n) is 2.35. The second kappa shape index (κ2) is 4.57. The number of aromatic nitrogens is 3. The Labute approximate surface area is 103 Å². The monoisotopic (exact) mass is 279 g/mol. The maximum Gasteiger partial charge on any atom is 0.200 e. The van der Waals surface area contributed by atoms with E-state index in [9.17, 15) is 22.0 Å². The summed E-state index contributed by atoms with van der Waals surface area (Å²) >= 11 is 0. The van der Waals surface area contributed by atoms with Crippen molar-refractivity contribution in [1.82, 2.24) is 15.0 Å². The van der Waals surface area contributed by atoms with Crippen LogP contribution in [-0.2, 0) is 0 Å². The topological polar surface area (TPSA) is 50.9 Å². The van der Waals surface area contributed by atoms with Gasteiger partial charge in [-0.1, -0.05) is 5.21 Å². The molecule has 1 heterocycles. The van der Waals surface area contributed by atoms with Gasteiger partial charge in [-0.2, -0.15) is 0 Å². The summed E-state index contributed by atoms with van der Waals surface area (Å²) in [6, 6.07) is 0. The van der Waals surface area contributed by atoms with Crippen molar-refractivity contribution < 1.29 is 27.1 Å². The summed E-state index contributed by atoms with van der Waals surface area (Å²) in [6.45, 7) is 1.30. The van der Waals surface area contributed by atoms with Gasteiger partial charge in [0.25, 0.3) is 0 Å². The van der Waals surface area contributed by atoms with Gasteiger partial charge in [-0.15, -0.1) is 5.10 Å². The fourth-order valence-electron chi connectivity index (χ4n) is 1.37. The van der Waals surface area contributed by atoms with E-state index in [1.807, 2.05) is 0 Å². The number of hydrogen-bond donors (Lipinski definition) is 1. The minimum Gasteiger partial charge on any atom is -0.387 e. The van der Waals surface area contributed by atoms with E-state index in [0.29, 0.717) is 4.68 Å². The molecule has 0 aliphatic rings. The van der Waals surface area contributed by atoms with Gasteiger partial charge in [0, 0.05) is 0 Å². The second-order valence-electron chi connectivity index (χ2n) is 3.68. The number of hydrogen-bond acceptors (Lipinski definition) is 3. The molecule has 1 unspecified atom stereocenters. The van der Waals surface area contributed by atoms with E-state index < -0.39 is 40.9 Å². The zero-order valence-electron chi connectivity index (χ0n) is 9.33. The highest BCUT2D eigenvalue weighted by Gasteiger charge is 2.27. The molecule has 0 radical (unpaired) electrons. The quantitative estimate of drug-likeness (QED) is 0.520. The highest BCUT2D eigenvalue weighted by Crippen LogP contribution is 2.25. The van der Waals surface area contributed by atoms with Crippen molar-refractivity contribution in [2.75, 3.05) is 0 Å². The fourth-order valence-corrected chi connectivity index (χ4v) is 1.37. The molecule has 0 aliphatic carbocycles. The highest BCUT2D eigenvalue weighted by molar-refractivity contribution is 5.36. The number of aliphatic hydroxyl groups is 1. The molecular formula is C10H6F5N3O. The van der Waals surface area contributed by atoms with Crippen LogP contribution in [-0.4, -0.2) is 20.1 Å². The van der Waals surface area contributed by atoms with E-state index in [4.69, 9.17) is 5.11 Å². The molecule has 1 atom stereocenters. The summed E-state index contributed by atoms with van der Waals surface area (Å²) in [4.78, 5) is 0. The Morgan fingerprint density at radius 2 is 1.47 bits per heavy atom. The van der Waals surface area contributed by atoms with E-state index >= 15 is 0 Å². The van der Waals surface area contributed by atoms with Gasteiger partial charge in [0.1, 0.15) is 11.4 Å². The van der Waals surface area contributed by atoms with Crippen LogP contribution in [0.3, 0.4) is 0 Å². The summed E-state index contributed by atoms with van der Waals surface area (Å²) in [7, 11) is 0. The maximum atomic E-state index is 13.4. The van der Waals surface area contributed by atoms with Crippen LogP contribution in [0.2, 0.25) is 0 Å². The number of nitrogens with zero attached hydrogens (tertiary/aromatic N) is 3. The Morgan fingerprint density at radius 3 is 1.89 bits per heavy atom. The molecule has 9 heteroatoms. The van der Waals surface area contributed by atoms with Crippen LogP contribution < -0.4 is 0 Å². The molecule has 2 rings (SSSR count). The third-order valence-corrected chi connectivity index (χ3v) is 2.35. The van der Waals surface area contributed by atoms with Gasteiger partial charge in [0.2, 0.25) is 5.82 Å². The first kappa shape index (κ1) is 13.4. The molecule has 2 aromatic rings. The van der Waals surface area contributed by atoms with Crippen molar-refractivity contribution in [2.24, 2.45) is 0 Å². The summed E-state index contributed by atoms with van der Waals surface area (Å²) in [5.74, 6) is -10.5. The van der Waals surface area contributed by atoms with Gasteiger partial charge in [-0.3, -0.25) is 0 Å². The number of rotatable bonds is 2. The smallest absolute Gasteiger partial charge is 0.200 e. The standard InChI is InChI=1S/C10H6F5N3O/c1-3(19)4-2-18(17-16-4)10-8(14)6(12)5(11)7(13)9(10)15/h2-3,19H,1H3. The molecule has 102 valence electrons. The lowest BCUT2D eigenvalue weighted by Crippen LogP contribution is -2.10. The van der Waals surface area contributed by atoms with E-state index in [0.717, 1.165) is 6.20 Å². The average molecular weight is 279 g/mol. The second-order valence-corrected chi connectivity index (χ2v) is 3.68. The van der Waals surface area contributed by atoms with Gasteiger partial charge >= 0.3 is 0 Å². The molecule has 0 saturated carbocycles. The SMILES string of the molecule is CC(O)c1cn(-c2c(F)c(F)c(F)c(F)c2F)nn1. The van der Waals surface area contributed by atoms with Crippen molar-refractivity contribution in [3.63, 3.8) is 0 Å². The highest BCUT2D eigenvalue weighted by atomic mass is 19.2. The number of benzene rings is 1. The van der Waals surface area contributed by atoms with Crippen molar-refractivity contribution >= 4 is 0 Å². The largest absolute Gasteiger partial charge is 0.387 e. The summed E-state index contributed by atoms with van der Waals surface area (Å²) in [5, 5.41) is 15.7. The zero-order chi connectivity index (χ0) is 14.3. The van der Waals surface area contributed by atoms with Gasteiger partial charge < -0.3 is 5.11 Å². The van der Waals surface area contributed by atoms with Crippen molar-refractivity contribution in [3.05, 3.63) is 41.0 Å². The molecule has 0 saturated heterocycles. The van der Waals surface area contributed by atoms with E-state index in [1.54, 1.807) is 0 Å². The molecule has 0 spiro atoms. The first-order valence-corrected chi connectivity index (χ1v) is 4.96. The molecule has 0 amide bonds. The third kappa shape index (κ3) is 2.05.